The van der Waals surface area contributed by atoms with E-state index in [2.05, 4.69) is 22.9 Å². The Morgan fingerprint density at radius 2 is 2.10 bits per heavy atom. The zero-order chi connectivity index (χ0) is 14.8. The number of carbonyl (C=O) groups is 1. The minimum Gasteiger partial charge on any atom is -0.335 e. The maximum Gasteiger partial charge on any atom is 0.265 e. The van der Waals surface area contributed by atoms with Gasteiger partial charge in [0, 0.05) is 26.2 Å². The Morgan fingerprint density at radius 3 is 2.71 bits per heavy atom. The van der Waals surface area contributed by atoms with E-state index in [1.54, 1.807) is 11.3 Å². The monoisotopic (exact) mass is 321 g/mol. The van der Waals surface area contributed by atoms with Crippen LogP contribution in [-0.4, -0.2) is 53.4 Å². The van der Waals surface area contributed by atoms with Gasteiger partial charge in [0.2, 0.25) is 0 Å². The van der Waals surface area contributed by atoms with Crippen LogP contribution in [0.2, 0.25) is 0 Å². The fraction of sp³-hybridized carbons (Fsp3) is 0.467. The van der Waals surface area contributed by atoms with Gasteiger partial charge in [-0.2, -0.15) is 0 Å². The normalized spacial score (nSPS) is 16.4. The molecule has 2 aromatic rings. The summed E-state index contributed by atoms with van der Waals surface area (Å²) < 4.78 is 0. The van der Waals surface area contributed by atoms with Gasteiger partial charge in [-0.15, -0.1) is 22.7 Å². The summed E-state index contributed by atoms with van der Waals surface area (Å²) in [5.74, 6) is 0.142. The van der Waals surface area contributed by atoms with Crippen LogP contribution >= 0.6 is 22.7 Å². The second-order valence-corrected chi connectivity index (χ2v) is 7.08. The number of carbonyl (C=O) groups excluding carboxylic acids is 1. The first kappa shape index (κ1) is 14.7. The van der Waals surface area contributed by atoms with E-state index in [0.717, 1.165) is 53.2 Å². The number of piperazine rings is 1. The Labute approximate surface area is 133 Å². The highest BCUT2D eigenvalue weighted by atomic mass is 32.1. The summed E-state index contributed by atoms with van der Waals surface area (Å²) in [4.78, 5) is 23.5. The van der Waals surface area contributed by atoms with Crippen molar-refractivity contribution in [1.29, 1.82) is 0 Å². The summed E-state index contributed by atoms with van der Waals surface area (Å²) in [5, 5.41) is 3.00. The van der Waals surface area contributed by atoms with Gasteiger partial charge in [0.15, 0.2) is 0 Å². The Hall–Kier alpha value is -1.24. The molecule has 0 radical (unpaired) electrons. The molecule has 3 rings (SSSR count). The molecule has 6 heteroatoms. The molecule has 1 aliphatic heterocycles. The molecule has 0 unspecified atom stereocenters. The van der Waals surface area contributed by atoms with Gasteiger partial charge in [0.05, 0.1) is 10.6 Å². The van der Waals surface area contributed by atoms with Gasteiger partial charge in [-0.25, -0.2) is 4.98 Å². The number of aryl methyl sites for hydroxylation is 1. The van der Waals surface area contributed by atoms with Gasteiger partial charge in [-0.1, -0.05) is 13.0 Å². The number of likely N-dealkylation sites (N-methyl/N-ethyl adjacent to an activating group) is 1. The Kier molecular flexibility index (Phi) is 4.37. The Morgan fingerprint density at radius 1 is 1.33 bits per heavy atom. The number of rotatable bonds is 3. The molecular weight excluding hydrogens is 302 g/mol. The molecule has 0 bridgehead atoms. The summed E-state index contributed by atoms with van der Waals surface area (Å²) in [6, 6.07) is 4.07. The number of aromatic nitrogens is 1. The zero-order valence-electron chi connectivity index (χ0n) is 12.3. The molecule has 0 saturated carbocycles. The van der Waals surface area contributed by atoms with Crippen LogP contribution in [-0.2, 0) is 0 Å². The van der Waals surface area contributed by atoms with Gasteiger partial charge < -0.3 is 9.80 Å². The first-order valence-corrected chi connectivity index (χ1v) is 8.91. The molecule has 0 atom stereocenters. The molecule has 0 N–H and O–H groups in total. The second-order valence-electron chi connectivity index (χ2n) is 5.14. The van der Waals surface area contributed by atoms with E-state index < -0.39 is 0 Å². The van der Waals surface area contributed by atoms with E-state index >= 15 is 0 Å². The van der Waals surface area contributed by atoms with E-state index in [9.17, 15) is 4.79 Å². The SMILES string of the molecule is CCN1CCN(C(=O)c2sc(-c3cccs3)nc2C)CC1. The lowest BCUT2D eigenvalue weighted by atomic mass is 10.2. The molecule has 0 aliphatic carbocycles. The van der Waals surface area contributed by atoms with Crippen LogP contribution in [0.5, 0.6) is 0 Å². The molecule has 1 aliphatic rings. The van der Waals surface area contributed by atoms with Crippen molar-refractivity contribution in [3.63, 3.8) is 0 Å². The van der Waals surface area contributed by atoms with Gasteiger partial charge in [0.25, 0.3) is 5.91 Å². The summed E-state index contributed by atoms with van der Waals surface area (Å²) in [7, 11) is 0. The molecule has 21 heavy (non-hydrogen) atoms. The maximum absolute atomic E-state index is 12.7. The highest BCUT2D eigenvalue weighted by Gasteiger charge is 2.25. The highest BCUT2D eigenvalue weighted by molar-refractivity contribution is 7.22. The summed E-state index contributed by atoms with van der Waals surface area (Å²) in [6.45, 7) is 8.73. The smallest absolute Gasteiger partial charge is 0.265 e. The van der Waals surface area contributed by atoms with E-state index in [4.69, 9.17) is 0 Å². The standard InChI is InChI=1S/C15H19N3OS2/c1-3-17-6-8-18(9-7-17)15(19)13-11(2)16-14(21-13)12-5-4-10-20-12/h4-5,10H,3,6-9H2,1-2H3. The van der Waals surface area contributed by atoms with Crippen LogP contribution in [0.4, 0.5) is 0 Å². The van der Waals surface area contributed by atoms with Crippen molar-refractivity contribution in [1.82, 2.24) is 14.8 Å². The average Bonchev–Trinajstić information content (AvgIpc) is 3.16. The molecule has 0 aromatic carbocycles. The molecule has 1 amide bonds. The lowest BCUT2D eigenvalue weighted by molar-refractivity contribution is 0.0647. The van der Waals surface area contributed by atoms with Crippen LogP contribution in [0, 0.1) is 6.92 Å². The summed E-state index contributed by atoms with van der Waals surface area (Å²) >= 11 is 3.18. The minimum atomic E-state index is 0.142. The van der Waals surface area contributed by atoms with Crippen molar-refractivity contribution in [3.8, 4) is 9.88 Å². The lowest BCUT2D eigenvalue weighted by Crippen LogP contribution is -2.48. The first-order valence-electron chi connectivity index (χ1n) is 7.22. The van der Waals surface area contributed by atoms with Crippen LogP contribution in [0.15, 0.2) is 17.5 Å². The number of thiophene rings is 1. The van der Waals surface area contributed by atoms with E-state index in [1.807, 2.05) is 23.3 Å². The molecule has 4 nitrogen and oxygen atoms in total. The van der Waals surface area contributed by atoms with Crippen LogP contribution < -0.4 is 0 Å². The van der Waals surface area contributed by atoms with E-state index in [0.29, 0.717) is 0 Å². The summed E-state index contributed by atoms with van der Waals surface area (Å²) in [5.41, 5.74) is 0.853. The molecule has 2 aromatic heterocycles. The van der Waals surface area contributed by atoms with Crippen LogP contribution in [0.1, 0.15) is 22.3 Å². The fourth-order valence-corrected chi connectivity index (χ4v) is 4.34. The van der Waals surface area contributed by atoms with Crippen LogP contribution in [0.3, 0.4) is 0 Å². The Balaban J connectivity index is 1.76. The molecule has 1 saturated heterocycles. The third-order valence-electron chi connectivity index (χ3n) is 3.83. The molecular formula is C15H19N3OS2. The van der Waals surface area contributed by atoms with E-state index in [1.165, 1.54) is 11.3 Å². The van der Waals surface area contributed by atoms with Crippen molar-refractivity contribution in [2.75, 3.05) is 32.7 Å². The topological polar surface area (TPSA) is 36.4 Å². The van der Waals surface area contributed by atoms with Crippen molar-refractivity contribution >= 4 is 28.6 Å². The fourth-order valence-electron chi connectivity index (χ4n) is 2.51. The van der Waals surface area contributed by atoms with Crippen molar-refractivity contribution in [2.24, 2.45) is 0 Å². The lowest BCUT2D eigenvalue weighted by Gasteiger charge is -2.33. The number of hydrogen-bond acceptors (Lipinski definition) is 5. The Bertz CT molecular complexity index is 613. The number of nitrogens with zero attached hydrogens (tertiary/aromatic N) is 3. The third kappa shape index (κ3) is 3.02. The van der Waals surface area contributed by atoms with E-state index in [-0.39, 0.29) is 5.91 Å². The first-order chi connectivity index (χ1) is 10.2. The number of amides is 1. The molecule has 3 heterocycles. The molecule has 1 fully saturated rings. The van der Waals surface area contributed by atoms with Gasteiger partial charge in [-0.3, -0.25) is 4.79 Å². The highest BCUT2D eigenvalue weighted by Crippen LogP contribution is 2.31. The van der Waals surface area contributed by atoms with Crippen LogP contribution in [0.25, 0.3) is 9.88 Å². The predicted octanol–water partition coefficient (Wildman–Crippen LogP) is 2.96. The number of hydrogen-bond donors (Lipinski definition) is 0. The minimum absolute atomic E-state index is 0.142. The van der Waals surface area contributed by atoms with Gasteiger partial charge in [0.1, 0.15) is 9.88 Å². The third-order valence-corrected chi connectivity index (χ3v) is 6.01. The van der Waals surface area contributed by atoms with Gasteiger partial charge in [-0.05, 0) is 24.9 Å². The zero-order valence-corrected chi connectivity index (χ0v) is 14.0. The predicted molar refractivity (Wildman–Crippen MR) is 88.2 cm³/mol. The second kappa shape index (κ2) is 6.25. The molecule has 112 valence electrons. The van der Waals surface area contributed by atoms with Crippen molar-refractivity contribution in [3.05, 3.63) is 28.1 Å². The average molecular weight is 321 g/mol. The van der Waals surface area contributed by atoms with Crippen molar-refractivity contribution in [2.45, 2.75) is 13.8 Å². The largest absolute Gasteiger partial charge is 0.335 e. The maximum atomic E-state index is 12.7. The number of thiazole rings is 1. The van der Waals surface area contributed by atoms with Crippen molar-refractivity contribution < 1.29 is 4.79 Å². The quantitative estimate of drug-likeness (QED) is 0.872. The summed E-state index contributed by atoms with van der Waals surface area (Å²) in [6.07, 6.45) is 0. The molecule has 0 spiro atoms. The van der Waals surface area contributed by atoms with Gasteiger partial charge >= 0.3 is 0 Å².